The molecule has 0 bridgehead atoms. The van der Waals surface area contributed by atoms with Crippen molar-refractivity contribution in [2.24, 2.45) is 0 Å². The lowest BCUT2D eigenvalue weighted by Crippen LogP contribution is -2.18. The summed E-state index contributed by atoms with van der Waals surface area (Å²) in [4.78, 5) is 0. The summed E-state index contributed by atoms with van der Waals surface area (Å²) in [7, 11) is -3.01. The van der Waals surface area contributed by atoms with Gasteiger partial charge in [-0.3, -0.25) is 0 Å². The maximum Gasteiger partial charge on any atom is 0.216 e. The quantitative estimate of drug-likeness (QED) is 0.632. The van der Waals surface area contributed by atoms with Gasteiger partial charge >= 0.3 is 0 Å². The lowest BCUT2D eigenvalue weighted by atomic mass is 10.2. The average Bonchev–Trinajstić information content (AvgIpc) is 2.77. The van der Waals surface area contributed by atoms with E-state index in [1.54, 1.807) is 0 Å². The Kier molecular flexibility index (Phi) is 2.33. The fourth-order valence-electron chi connectivity index (χ4n) is 1.91. The van der Waals surface area contributed by atoms with Crippen molar-refractivity contribution in [2.45, 2.75) is 38.5 Å². The second-order valence-corrected chi connectivity index (χ2v) is 5.61. The maximum absolute atomic E-state index is 11.6. The van der Waals surface area contributed by atoms with Gasteiger partial charge in [-0.05, 0) is 19.3 Å². The fourth-order valence-corrected chi connectivity index (χ4v) is 3.73. The first kappa shape index (κ1) is 9.43. The Hall–Kier alpha value is -0.130. The molecule has 3 atom stereocenters. The van der Waals surface area contributed by atoms with E-state index in [-0.39, 0.29) is 18.0 Å². The molecule has 13 heavy (non-hydrogen) atoms. The zero-order chi connectivity index (χ0) is 9.47. The van der Waals surface area contributed by atoms with Crippen molar-refractivity contribution in [2.75, 3.05) is 12.4 Å². The molecule has 76 valence electrons. The summed E-state index contributed by atoms with van der Waals surface area (Å²) in [6.45, 7) is 2.59. The molecule has 2 aliphatic rings. The molecule has 2 fully saturated rings. The van der Waals surface area contributed by atoms with Gasteiger partial charge in [-0.25, -0.2) is 8.42 Å². The van der Waals surface area contributed by atoms with Gasteiger partial charge in [0.15, 0.2) is 0 Å². The van der Waals surface area contributed by atoms with E-state index in [0.29, 0.717) is 13.0 Å². The molecule has 2 saturated heterocycles. The van der Waals surface area contributed by atoms with Crippen LogP contribution in [0.15, 0.2) is 0 Å². The molecular weight excluding hydrogens is 190 g/mol. The third kappa shape index (κ3) is 1.60. The van der Waals surface area contributed by atoms with Gasteiger partial charge in [0.05, 0.1) is 11.8 Å². The molecule has 2 rings (SSSR count). The Bertz CT molecular complexity index is 276. The second-order valence-electron chi connectivity index (χ2n) is 3.62. The minimum Gasteiger partial charge on any atom is -0.360 e. The third-order valence-corrected chi connectivity index (χ3v) is 4.58. The van der Waals surface area contributed by atoms with E-state index < -0.39 is 10.0 Å². The zero-order valence-electron chi connectivity index (χ0n) is 7.77. The van der Waals surface area contributed by atoms with E-state index in [9.17, 15) is 8.42 Å². The number of hydrogen-bond donors (Lipinski definition) is 0. The van der Waals surface area contributed by atoms with E-state index in [4.69, 9.17) is 4.74 Å². The predicted octanol–water partition coefficient (Wildman–Crippen LogP) is 0.547. The summed E-state index contributed by atoms with van der Waals surface area (Å²) in [6, 6.07) is 0.158. The van der Waals surface area contributed by atoms with Crippen molar-refractivity contribution in [3.63, 3.8) is 0 Å². The van der Waals surface area contributed by atoms with Crippen LogP contribution in [0, 0.1) is 0 Å². The van der Waals surface area contributed by atoms with E-state index in [0.717, 1.165) is 12.8 Å². The van der Waals surface area contributed by atoms with Crippen LogP contribution in [0.2, 0.25) is 0 Å². The van der Waals surface area contributed by atoms with Crippen LogP contribution in [0.5, 0.6) is 0 Å². The van der Waals surface area contributed by atoms with Crippen LogP contribution in [-0.4, -0.2) is 37.4 Å². The highest BCUT2D eigenvalue weighted by Gasteiger charge is 2.56. The largest absolute Gasteiger partial charge is 0.360 e. The van der Waals surface area contributed by atoms with E-state index >= 15 is 0 Å². The number of hydrogen-bond acceptors (Lipinski definition) is 3. The van der Waals surface area contributed by atoms with Gasteiger partial charge in [0, 0.05) is 6.61 Å². The lowest BCUT2D eigenvalue weighted by molar-refractivity contribution is 0.0787. The Morgan fingerprint density at radius 2 is 2.31 bits per heavy atom. The molecule has 0 radical (unpaired) electrons. The number of sulfonamides is 1. The Morgan fingerprint density at radius 1 is 1.54 bits per heavy atom. The average molecular weight is 205 g/mol. The van der Waals surface area contributed by atoms with Gasteiger partial charge in [-0.1, -0.05) is 6.92 Å². The Balaban J connectivity index is 2.03. The molecule has 0 saturated carbocycles. The molecular formula is C8H15NO3S. The van der Waals surface area contributed by atoms with Gasteiger partial charge < -0.3 is 4.74 Å². The Labute approximate surface area is 78.9 Å². The molecule has 1 unspecified atom stereocenters. The molecule has 5 heteroatoms. The van der Waals surface area contributed by atoms with Crippen molar-refractivity contribution < 1.29 is 13.2 Å². The van der Waals surface area contributed by atoms with Crippen molar-refractivity contribution in [1.29, 1.82) is 0 Å². The van der Waals surface area contributed by atoms with Gasteiger partial charge in [0.25, 0.3) is 0 Å². The van der Waals surface area contributed by atoms with Gasteiger partial charge in [0.2, 0.25) is 10.0 Å². The standard InChI is InChI=1S/C8H15NO3S/c1-2-6-13(10,11)9-7-4-3-5-12-8(7)9/h7-8H,2-6H2,1H3/t7-,8+,9?/m1/s1. The summed E-state index contributed by atoms with van der Waals surface area (Å²) in [6.07, 6.45) is 2.51. The van der Waals surface area contributed by atoms with Crippen LogP contribution in [0.25, 0.3) is 0 Å². The summed E-state index contributed by atoms with van der Waals surface area (Å²) in [5.74, 6) is 0.253. The number of rotatable bonds is 3. The van der Waals surface area contributed by atoms with Crippen LogP contribution >= 0.6 is 0 Å². The molecule has 0 aromatic rings. The molecule has 0 amide bonds. The monoisotopic (exact) mass is 205 g/mol. The molecule has 0 spiro atoms. The number of nitrogens with zero attached hydrogens (tertiary/aromatic N) is 1. The van der Waals surface area contributed by atoms with E-state index in [1.807, 2.05) is 6.92 Å². The minimum atomic E-state index is -3.01. The van der Waals surface area contributed by atoms with Crippen molar-refractivity contribution in [3.05, 3.63) is 0 Å². The minimum absolute atomic E-state index is 0.120. The summed E-state index contributed by atoms with van der Waals surface area (Å²) >= 11 is 0. The highest BCUT2D eigenvalue weighted by atomic mass is 32.2. The third-order valence-electron chi connectivity index (χ3n) is 2.53. The lowest BCUT2D eigenvalue weighted by Gasteiger charge is -2.04. The molecule has 0 aromatic heterocycles. The molecule has 2 aliphatic heterocycles. The normalized spacial score (nSPS) is 38.4. The van der Waals surface area contributed by atoms with Crippen LogP contribution < -0.4 is 0 Å². The summed E-state index contributed by atoms with van der Waals surface area (Å²) in [5.41, 5.74) is 0. The van der Waals surface area contributed by atoms with Crippen molar-refractivity contribution >= 4 is 10.0 Å². The molecule has 4 nitrogen and oxygen atoms in total. The first-order valence-corrected chi connectivity index (χ1v) is 6.40. The van der Waals surface area contributed by atoms with Crippen LogP contribution in [0.4, 0.5) is 0 Å². The highest BCUT2D eigenvalue weighted by Crippen LogP contribution is 2.39. The van der Waals surface area contributed by atoms with Gasteiger partial charge in [-0.15, -0.1) is 0 Å². The smallest absolute Gasteiger partial charge is 0.216 e. The molecule has 0 N–H and O–H groups in total. The van der Waals surface area contributed by atoms with Crippen LogP contribution in [0.3, 0.4) is 0 Å². The van der Waals surface area contributed by atoms with Crippen molar-refractivity contribution in [1.82, 2.24) is 4.31 Å². The summed E-state index contributed by atoms with van der Waals surface area (Å²) in [5, 5.41) is 0. The number of ether oxygens (including phenoxy) is 1. The van der Waals surface area contributed by atoms with Crippen molar-refractivity contribution in [3.8, 4) is 0 Å². The summed E-state index contributed by atoms with van der Waals surface area (Å²) < 4.78 is 30.1. The van der Waals surface area contributed by atoms with Gasteiger partial charge in [-0.2, -0.15) is 4.31 Å². The maximum atomic E-state index is 11.6. The van der Waals surface area contributed by atoms with Crippen LogP contribution in [0.1, 0.15) is 26.2 Å². The second kappa shape index (κ2) is 3.22. The number of fused-ring (bicyclic) bond motifs is 1. The predicted molar refractivity (Wildman–Crippen MR) is 48.7 cm³/mol. The topological polar surface area (TPSA) is 46.4 Å². The molecule has 0 aliphatic carbocycles. The molecule has 0 aromatic carbocycles. The Morgan fingerprint density at radius 3 is 2.85 bits per heavy atom. The first-order valence-electron chi connectivity index (χ1n) is 4.79. The molecule has 2 heterocycles. The van der Waals surface area contributed by atoms with E-state index in [2.05, 4.69) is 0 Å². The van der Waals surface area contributed by atoms with Crippen LogP contribution in [-0.2, 0) is 14.8 Å². The van der Waals surface area contributed by atoms with E-state index in [1.165, 1.54) is 4.31 Å². The zero-order valence-corrected chi connectivity index (χ0v) is 8.59. The first-order chi connectivity index (χ1) is 6.17. The highest BCUT2D eigenvalue weighted by molar-refractivity contribution is 7.89. The fraction of sp³-hybridized carbons (Fsp3) is 1.00. The van der Waals surface area contributed by atoms with Gasteiger partial charge in [0.1, 0.15) is 6.23 Å². The SMILES string of the molecule is CCCS(=O)(=O)N1[C@@H]2CCCO[C@@H]21.